The predicted octanol–water partition coefficient (Wildman–Crippen LogP) is 0.572. The summed E-state index contributed by atoms with van der Waals surface area (Å²) in [6.45, 7) is -0.247. The number of esters is 3. The van der Waals surface area contributed by atoms with Crippen LogP contribution in [0.2, 0.25) is 0 Å². The molecule has 6 bridgehead atoms. The Balaban J connectivity index is 1.04. The molecule has 0 spiro atoms. The Morgan fingerprint density at radius 3 is 2.50 bits per heavy atom. The normalized spacial score (nSPS) is 51.9. The lowest BCUT2D eigenvalue weighted by atomic mass is 9.48. The molecule has 1 aliphatic heterocycles. The van der Waals surface area contributed by atoms with Crippen LogP contribution in [0.15, 0.2) is 0 Å². The van der Waals surface area contributed by atoms with E-state index in [2.05, 4.69) is 0 Å². The predicted molar refractivity (Wildman–Crippen MR) is 98.4 cm³/mol. The fraction of sp³-hybridized carbons (Fsp3) is 0.864. The Kier molecular flexibility index (Phi) is 3.93. The molecule has 0 aromatic rings. The quantitative estimate of drug-likeness (QED) is 0.490. The molecule has 0 amide bonds. The van der Waals surface area contributed by atoms with Gasteiger partial charge >= 0.3 is 17.9 Å². The summed E-state index contributed by atoms with van der Waals surface area (Å²) in [5.74, 6) is -2.49. The molecule has 1 saturated heterocycles. The average Bonchev–Trinajstić information content (AvgIpc) is 3.27. The Labute approximate surface area is 174 Å². The van der Waals surface area contributed by atoms with Gasteiger partial charge in [0.05, 0.1) is 30.1 Å². The zero-order valence-corrected chi connectivity index (χ0v) is 16.8. The van der Waals surface area contributed by atoms with Crippen molar-refractivity contribution in [1.29, 1.82) is 0 Å². The average molecular weight is 420 g/mol. The second-order valence-electron chi connectivity index (χ2n) is 11.0. The number of hydrogen-bond acceptors (Lipinski definition) is 8. The van der Waals surface area contributed by atoms with Crippen LogP contribution in [0.5, 0.6) is 0 Å². The van der Waals surface area contributed by atoms with Gasteiger partial charge in [0.25, 0.3) is 0 Å². The zero-order chi connectivity index (χ0) is 20.8. The fourth-order valence-corrected chi connectivity index (χ4v) is 8.41. The molecule has 7 aliphatic rings. The van der Waals surface area contributed by atoms with Gasteiger partial charge in [-0.15, -0.1) is 0 Å². The van der Waals surface area contributed by atoms with Crippen LogP contribution < -0.4 is 0 Å². The van der Waals surface area contributed by atoms with Gasteiger partial charge in [-0.2, -0.15) is 0 Å². The molecular formula is C22H28O8. The number of aliphatic hydroxyl groups excluding tert-OH is 1. The van der Waals surface area contributed by atoms with Gasteiger partial charge in [-0.25, -0.2) is 4.79 Å². The molecule has 6 aliphatic carbocycles. The van der Waals surface area contributed by atoms with Gasteiger partial charge < -0.3 is 24.4 Å². The first-order valence-corrected chi connectivity index (χ1v) is 11.2. The third kappa shape index (κ3) is 2.68. The molecule has 8 unspecified atom stereocenters. The minimum Gasteiger partial charge on any atom is -0.463 e. The summed E-state index contributed by atoms with van der Waals surface area (Å²) in [4.78, 5) is 37.0. The topological polar surface area (TPSA) is 119 Å². The van der Waals surface area contributed by atoms with E-state index < -0.39 is 54.2 Å². The highest BCUT2D eigenvalue weighted by Gasteiger charge is 2.68. The number of hydrogen-bond donors (Lipinski definition) is 2. The van der Waals surface area contributed by atoms with E-state index in [1.807, 2.05) is 0 Å². The van der Waals surface area contributed by atoms with E-state index in [0.29, 0.717) is 24.7 Å². The van der Waals surface area contributed by atoms with Crippen LogP contribution in [-0.2, 0) is 28.6 Å². The van der Waals surface area contributed by atoms with E-state index >= 15 is 0 Å². The van der Waals surface area contributed by atoms with Crippen molar-refractivity contribution >= 4 is 17.9 Å². The Hall–Kier alpha value is -1.67. The standard InChI is InChI=1S/C22H28O8/c23-14(29-9-21-3-10-1-11(4-21)6-22(27,5-10)8-21)7-28-19(25)15-12-2-13-16(15)20(26)30-18(13)17(12)24/h10-13,15-18,24,27H,1-9H2. The summed E-state index contributed by atoms with van der Waals surface area (Å²) < 4.78 is 15.9. The molecule has 2 N–H and O–H groups in total. The van der Waals surface area contributed by atoms with Crippen molar-refractivity contribution in [2.75, 3.05) is 13.2 Å². The zero-order valence-electron chi connectivity index (χ0n) is 16.8. The first-order chi connectivity index (χ1) is 14.3. The maximum Gasteiger partial charge on any atom is 0.344 e. The number of ether oxygens (including phenoxy) is 3. The van der Waals surface area contributed by atoms with Crippen molar-refractivity contribution in [2.24, 2.45) is 40.9 Å². The SMILES string of the molecule is O=C(COC(=O)C1C2CC3C(OC(=O)C31)C2O)OCC12CC3CC(CC(O)(C3)C1)C2. The van der Waals surface area contributed by atoms with Gasteiger partial charge in [0.15, 0.2) is 6.61 Å². The second kappa shape index (κ2) is 6.19. The summed E-state index contributed by atoms with van der Waals surface area (Å²) >= 11 is 0. The molecule has 0 aromatic heterocycles. The molecule has 1 heterocycles. The van der Waals surface area contributed by atoms with Gasteiger partial charge in [-0.05, 0) is 56.8 Å². The van der Waals surface area contributed by atoms with Crippen LogP contribution >= 0.6 is 0 Å². The lowest BCUT2D eigenvalue weighted by molar-refractivity contribution is -0.189. The molecule has 8 nitrogen and oxygen atoms in total. The number of carbonyl (C=O) groups is 3. The Morgan fingerprint density at radius 2 is 1.80 bits per heavy atom. The number of fused-ring (bicyclic) bond motifs is 1. The van der Waals surface area contributed by atoms with Crippen molar-refractivity contribution < 1.29 is 38.8 Å². The van der Waals surface area contributed by atoms with Crippen molar-refractivity contribution in [1.82, 2.24) is 0 Å². The highest BCUT2D eigenvalue weighted by molar-refractivity contribution is 5.87. The van der Waals surface area contributed by atoms with Crippen molar-refractivity contribution in [3.8, 4) is 0 Å². The number of carbonyl (C=O) groups excluding carboxylic acids is 3. The number of rotatable bonds is 5. The minimum atomic E-state index is -0.843. The van der Waals surface area contributed by atoms with Gasteiger partial charge in [-0.1, -0.05) is 0 Å². The third-order valence-corrected chi connectivity index (χ3v) is 8.87. The first-order valence-electron chi connectivity index (χ1n) is 11.2. The van der Waals surface area contributed by atoms with E-state index in [-0.39, 0.29) is 23.9 Å². The highest BCUT2D eigenvalue weighted by Crippen LogP contribution is 2.61. The molecule has 0 radical (unpaired) electrons. The van der Waals surface area contributed by atoms with Gasteiger partial charge in [0.2, 0.25) is 0 Å². The van der Waals surface area contributed by atoms with Gasteiger partial charge in [0, 0.05) is 17.3 Å². The van der Waals surface area contributed by atoms with Crippen molar-refractivity contribution in [3.05, 3.63) is 0 Å². The van der Waals surface area contributed by atoms with E-state index in [0.717, 1.165) is 32.1 Å². The molecule has 8 atom stereocenters. The molecule has 30 heavy (non-hydrogen) atoms. The van der Waals surface area contributed by atoms with Crippen LogP contribution in [0.1, 0.15) is 44.9 Å². The van der Waals surface area contributed by atoms with Gasteiger partial charge in [-0.3, -0.25) is 9.59 Å². The number of aliphatic hydroxyl groups is 2. The summed E-state index contributed by atoms with van der Waals surface area (Å²) in [5.41, 5.74) is -0.769. The fourth-order valence-electron chi connectivity index (χ4n) is 8.41. The molecule has 8 heteroatoms. The maximum absolute atomic E-state index is 12.6. The first kappa shape index (κ1) is 19.0. The van der Waals surface area contributed by atoms with Crippen molar-refractivity contribution in [2.45, 2.75) is 62.8 Å². The van der Waals surface area contributed by atoms with Gasteiger partial charge in [0.1, 0.15) is 6.10 Å². The molecule has 7 fully saturated rings. The molecule has 164 valence electrons. The monoisotopic (exact) mass is 420 g/mol. The maximum atomic E-state index is 12.6. The Bertz CT molecular complexity index is 793. The third-order valence-electron chi connectivity index (χ3n) is 8.87. The van der Waals surface area contributed by atoms with E-state index in [4.69, 9.17) is 14.2 Å². The molecule has 6 saturated carbocycles. The smallest absolute Gasteiger partial charge is 0.344 e. The highest BCUT2D eigenvalue weighted by atomic mass is 16.6. The van der Waals surface area contributed by atoms with Crippen LogP contribution in [0, 0.1) is 40.9 Å². The van der Waals surface area contributed by atoms with Crippen LogP contribution in [0.4, 0.5) is 0 Å². The summed E-state index contributed by atoms with van der Waals surface area (Å²) in [6, 6.07) is 0. The van der Waals surface area contributed by atoms with Crippen LogP contribution in [-0.4, -0.2) is 59.1 Å². The van der Waals surface area contributed by atoms with Crippen LogP contribution in [0.3, 0.4) is 0 Å². The van der Waals surface area contributed by atoms with Crippen LogP contribution in [0.25, 0.3) is 0 Å². The second-order valence-corrected chi connectivity index (χ2v) is 11.0. The lowest BCUT2D eigenvalue weighted by Crippen LogP contribution is -2.57. The molecular weight excluding hydrogens is 392 g/mol. The summed E-state index contributed by atoms with van der Waals surface area (Å²) in [5, 5.41) is 21.1. The Morgan fingerprint density at radius 1 is 1.07 bits per heavy atom. The van der Waals surface area contributed by atoms with E-state index in [9.17, 15) is 24.6 Å². The van der Waals surface area contributed by atoms with E-state index in [1.165, 1.54) is 0 Å². The minimum absolute atomic E-state index is 0.135. The summed E-state index contributed by atoms with van der Waals surface area (Å²) in [7, 11) is 0. The largest absolute Gasteiger partial charge is 0.463 e. The lowest BCUT2D eigenvalue weighted by Gasteiger charge is -2.59. The van der Waals surface area contributed by atoms with E-state index in [1.54, 1.807) is 0 Å². The summed E-state index contributed by atoms with van der Waals surface area (Å²) in [6.07, 6.45) is 4.73. The molecule has 0 aromatic carbocycles. The molecule has 7 rings (SSSR count). The van der Waals surface area contributed by atoms with Crippen molar-refractivity contribution in [3.63, 3.8) is 0 Å².